The van der Waals surface area contributed by atoms with Gasteiger partial charge in [-0.05, 0) is 83.6 Å². The lowest BCUT2D eigenvalue weighted by atomic mass is 10.2. The summed E-state index contributed by atoms with van der Waals surface area (Å²) in [5.74, 6) is 0.562. The Morgan fingerprint density at radius 1 is 1.08 bits per heavy atom. The van der Waals surface area contributed by atoms with E-state index in [9.17, 15) is 4.79 Å². The fraction of sp³-hybridized carbons (Fsp3) is 0.150. The molecule has 2 aromatic carbocycles. The highest BCUT2D eigenvalue weighted by atomic mass is 127. The largest absolute Gasteiger partial charge is 0.481 e. The van der Waals surface area contributed by atoms with Crippen LogP contribution in [0, 0.1) is 3.57 Å². The summed E-state index contributed by atoms with van der Waals surface area (Å²) in [4.78, 5) is 12.2. The van der Waals surface area contributed by atoms with Crippen molar-refractivity contribution in [3.05, 3.63) is 82.2 Å². The number of rotatable bonds is 6. The van der Waals surface area contributed by atoms with Crippen LogP contribution in [0.5, 0.6) is 5.75 Å². The van der Waals surface area contributed by atoms with Crippen LogP contribution in [0.4, 0.5) is 0 Å². The molecular formula is C20H19IN2O2. The van der Waals surface area contributed by atoms with Gasteiger partial charge < -0.3 is 14.6 Å². The normalized spacial score (nSPS) is 11.8. The van der Waals surface area contributed by atoms with Gasteiger partial charge in [0.2, 0.25) is 0 Å². The third kappa shape index (κ3) is 4.85. The van der Waals surface area contributed by atoms with Gasteiger partial charge in [0.25, 0.3) is 5.91 Å². The molecule has 5 heteroatoms. The number of hydrogen-bond acceptors (Lipinski definition) is 2. The predicted octanol–water partition coefficient (Wildman–Crippen LogP) is 4.17. The van der Waals surface area contributed by atoms with E-state index in [4.69, 9.17) is 4.74 Å². The van der Waals surface area contributed by atoms with Crippen molar-refractivity contribution >= 4 is 28.5 Å². The molecule has 3 aromatic rings. The van der Waals surface area contributed by atoms with Crippen LogP contribution >= 0.6 is 22.6 Å². The Balaban J connectivity index is 1.52. The molecule has 1 aromatic heterocycles. The molecule has 0 unspecified atom stereocenters. The van der Waals surface area contributed by atoms with Gasteiger partial charge in [0.15, 0.2) is 6.10 Å². The van der Waals surface area contributed by atoms with Crippen molar-refractivity contribution in [3.63, 3.8) is 0 Å². The number of amides is 1. The maximum Gasteiger partial charge on any atom is 0.261 e. The molecule has 1 heterocycles. The Kier molecular flexibility index (Phi) is 5.75. The minimum atomic E-state index is -0.542. The molecule has 0 aliphatic heterocycles. The summed E-state index contributed by atoms with van der Waals surface area (Å²) < 4.78 is 8.84. The summed E-state index contributed by atoms with van der Waals surface area (Å²) in [7, 11) is 0. The number of benzene rings is 2. The second kappa shape index (κ2) is 8.20. The number of hydrogen-bond donors (Lipinski definition) is 1. The maximum absolute atomic E-state index is 12.2. The number of halogens is 1. The van der Waals surface area contributed by atoms with Crippen LogP contribution in [0.15, 0.2) is 73.1 Å². The second-order valence-corrected chi connectivity index (χ2v) is 6.93. The Bertz CT molecular complexity index is 812. The second-order valence-electron chi connectivity index (χ2n) is 5.69. The van der Waals surface area contributed by atoms with Gasteiger partial charge in [-0.15, -0.1) is 0 Å². The molecule has 1 atom stereocenters. The molecule has 0 bridgehead atoms. The molecule has 0 radical (unpaired) electrons. The van der Waals surface area contributed by atoms with Crippen molar-refractivity contribution in [2.24, 2.45) is 0 Å². The molecule has 3 rings (SSSR count). The van der Waals surface area contributed by atoms with Crippen molar-refractivity contribution in [1.82, 2.24) is 9.88 Å². The van der Waals surface area contributed by atoms with Crippen molar-refractivity contribution in [2.75, 3.05) is 0 Å². The summed E-state index contributed by atoms with van der Waals surface area (Å²) in [6, 6.07) is 19.7. The van der Waals surface area contributed by atoms with Gasteiger partial charge in [-0.25, -0.2) is 0 Å². The van der Waals surface area contributed by atoms with Gasteiger partial charge in [0.05, 0.1) is 0 Å². The zero-order valence-corrected chi connectivity index (χ0v) is 16.0. The van der Waals surface area contributed by atoms with Crippen LogP contribution in [0.3, 0.4) is 0 Å². The molecule has 1 amide bonds. The van der Waals surface area contributed by atoms with E-state index in [-0.39, 0.29) is 5.91 Å². The number of carbonyl (C=O) groups is 1. The van der Waals surface area contributed by atoms with E-state index in [0.717, 1.165) is 14.8 Å². The van der Waals surface area contributed by atoms with E-state index in [0.29, 0.717) is 12.3 Å². The zero-order chi connectivity index (χ0) is 17.6. The van der Waals surface area contributed by atoms with Crippen molar-refractivity contribution in [1.29, 1.82) is 0 Å². The summed E-state index contributed by atoms with van der Waals surface area (Å²) >= 11 is 2.23. The fourth-order valence-corrected chi connectivity index (χ4v) is 2.76. The Hall–Kier alpha value is -2.28. The quantitative estimate of drug-likeness (QED) is 0.578. The van der Waals surface area contributed by atoms with Gasteiger partial charge >= 0.3 is 0 Å². The van der Waals surface area contributed by atoms with Crippen molar-refractivity contribution in [2.45, 2.75) is 19.6 Å². The highest BCUT2D eigenvalue weighted by Gasteiger charge is 2.14. The van der Waals surface area contributed by atoms with Crippen LogP contribution in [0.25, 0.3) is 5.69 Å². The molecule has 4 nitrogen and oxygen atoms in total. The van der Waals surface area contributed by atoms with E-state index in [2.05, 4.69) is 27.9 Å². The molecular weight excluding hydrogens is 427 g/mol. The zero-order valence-electron chi connectivity index (χ0n) is 13.9. The fourth-order valence-electron chi connectivity index (χ4n) is 2.40. The Morgan fingerprint density at radius 3 is 2.36 bits per heavy atom. The molecule has 0 saturated carbocycles. The summed E-state index contributed by atoms with van der Waals surface area (Å²) in [6.07, 6.45) is 3.46. The molecule has 0 saturated heterocycles. The van der Waals surface area contributed by atoms with Crippen molar-refractivity contribution < 1.29 is 9.53 Å². The lowest BCUT2D eigenvalue weighted by Gasteiger charge is -2.15. The van der Waals surface area contributed by atoms with Gasteiger partial charge in [-0.1, -0.05) is 12.1 Å². The van der Waals surface area contributed by atoms with Gasteiger partial charge in [0.1, 0.15) is 5.75 Å². The highest BCUT2D eigenvalue weighted by molar-refractivity contribution is 14.1. The summed E-state index contributed by atoms with van der Waals surface area (Å²) in [5.41, 5.74) is 2.14. The molecule has 25 heavy (non-hydrogen) atoms. The molecule has 0 fully saturated rings. The average molecular weight is 446 g/mol. The van der Waals surface area contributed by atoms with E-state index in [1.165, 1.54) is 0 Å². The van der Waals surface area contributed by atoms with E-state index < -0.39 is 6.10 Å². The van der Waals surface area contributed by atoms with E-state index >= 15 is 0 Å². The van der Waals surface area contributed by atoms with Crippen LogP contribution in [-0.2, 0) is 11.3 Å². The Labute approximate surface area is 161 Å². The number of ether oxygens (including phenoxy) is 1. The smallest absolute Gasteiger partial charge is 0.261 e. The van der Waals surface area contributed by atoms with Gasteiger partial charge in [0, 0.05) is 28.2 Å². The van der Waals surface area contributed by atoms with Crippen LogP contribution in [0.2, 0.25) is 0 Å². The molecule has 1 N–H and O–H groups in total. The van der Waals surface area contributed by atoms with Crippen LogP contribution < -0.4 is 10.1 Å². The first-order valence-electron chi connectivity index (χ1n) is 8.04. The first-order chi connectivity index (χ1) is 12.1. The lowest BCUT2D eigenvalue weighted by Crippen LogP contribution is -2.35. The minimum Gasteiger partial charge on any atom is -0.481 e. The average Bonchev–Trinajstić information content (AvgIpc) is 3.16. The topological polar surface area (TPSA) is 43.3 Å². The first kappa shape index (κ1) is 17.5. The summed E-state index contributed by atoms with van der Waals surface area (Å²) in [6.45, 7) is 2.23. The van der Waals surface area contributed by atoms with Crippen LogP contribution in [0.1, 0.15) is 12.5 Å². The first-order valence-corrected chi connectivity index (χ1v) is 9.12. The van der Waals surface area contributed by atoms with Gasteiger partial charge in [-0.3, -0.25) is 4.79 Å². The lowest BCUT2D eigenvalue weighted by molar-refractivity contribution is -0.127. The SMILES string of the molecule is C[C@@H](Oc1ccc(I)cc1)C(=O)NCc1ccc(-n2cccc2)cc1. The monoisotopic (exact) mass is 446 g/mol. The minimum absolute atomic E-state index is 0.131. The van der Waals surface area contributed by atoms with Gasteiger partial charge in [-0.2, -0.15) is 0 Å². The Morgan fingerprint density at radius 2 is 1.72 bits per heavy atom. The molecule has 0 spiro atoms. The number of aromatic nitrogens is 1. The standard InChI is InChI=1S/C20H19IN2O2/c1-15(25-19-10-6-17(21)7-11-19)20(24)22-14-16-4-8-18(9-5-16)23-12-2-3-13-23/h2-13,15H,14H2,1H3,(H,22,24)/t15-/m1/s1. The predicted molar refractivity (Wildman–Crippen MR) is 107 cm³/mol. The number of nitrogens with one attached hydrogen (secondary N) is 1. The molecule has 128 valence electrons. The third-order valence-electron chi connectivity index (χ3n) is 3.80. The van der Waals surface area contributed by atoms with E-state index in [1.54, 1.807) is 6.92 Å². The molecule has 0 aliphatic rings. The number of nitrogens with zero attached hydrogens (tertiary/aromatic N) is 1. The van der Waals surface area contributed by atoms with Crippen LogP contribution in [-0.4, -0.2) is 16.6 Å². The third-order valence-corrected chi connectivity index (χ3v) is 4.52. The molecule has 0 aliphatic carbocycles. The maximum atomic E-state index is 12.2. The van der Waals surface area contributed by atoms with E-state index in [1.807, 2.05) is 77.6 Å². The van der Waals surface area contributed by atoms with Crippen molar-refractivity contribution in [3.8, 4) is 11.4 Å². The summed E-state index contributed by atoms with van der Waals surface area (Å²) in [5, 5.41) is 2.91. The highest BCUT2D eigenvalue weighted by Crippen LogP contribution is 2.15. The number of carbonyl (C=O) groups excluding carboxylic acids is 1.